The molecule has 1 aliphatic rings. The minimum Gasteiger partial charge on any atom is -0.446 e. The molecule has 0 spiro atoms. The van der Waals surface area contributed by atoms with Gasteiger partial charge in [-0.25, -0.2) is 9.69 Å². The molecular weight excluding hydrogens is 334 g/mol. The molecule has 1 unspecified atom stereocenters. The summed E-state index contributed by atoms with van der Waals surface area (Å²) in [7, 11) is -1.86. The van der Waals surface area contributed by atoms with Crippen molar-refractivity contribution < 1.29 is 18.8 Å². The molecule has 1 aliphatic heterocycles. The molecule has 1 aromatic rings. The van der Waals surface area contributed by atoms with Crippen LogP contribution in [0.25, 0.3) is 0 Å². The van der Waals surface area contributed by atoms with Crippen LogP contribution in [-0.4, -0.2) is 38.4 Å². The number of rotatable bonds is 5. The molecule has 1 saturated heterocycles. The van der Waals surface area contributed by atoms with E-state index in [2.05, 4.69) is 33.9 Å². The van der Waals surface area contributed by atoms with Crippen molar-refractivity contribution in [3.63, 3.8) is 0 Å². The van der Waals surface area contributed by atoms with E-state index in [-0.39, 0.29) is 23.6 Å². The van der Waals surface area contributed by atoms with Crippen molar-refractivity contribution in [1.29, 1.82) is 0 Å². The Morgan fingerprint density at radius 1 is 1.32 bits per heavy atom. The molecule has 0 saturated carbocycles. The monoisotopic (exact) mass is 361 g/mol. The van der Waals surface area contributed by atoms with E-state index >= 15 is 0 Å². The molecule has 2 amide bonds. The summed E-state index contributed by atoms with van der Waals surface area (Å²) >= 11 is 0. The summed E-state index contributed by atoms with van der Waals surface area (Å²) < 4.78 is 11.1. The molecule has 25 heavy (non-hydrogen) atoms. The second-order valence-corrected chi connectivity index (χ2v) is 12.5. The van der Waals surface area contributed by atoms with E-state index in [1.807, 2.05) is 30.3 Å². The lowest BCUT2D eigenvalue weighted by atomic mass is 10.1. The topological polar surface area (TPSA) is 55.8 Å². The van der Waals surface area contributed by atoms with Gasteiger partial charge in [0.1, 0.15) is 12.6 Å². The highest BCUT2D eigenvalue weighted by molar-refractivity contribution is 6.74. The molecule has 0 N–H and O–H groups in total. The summed E-state index contributed by atoms with van der Waals surface area (Å²) in [5, 5.41) is 0.113. The van der Waals surface area contributed by atoms with Crippen LogP contribution in [0.3, 0.4) is 0 Å². The average Bonchev–Trinajstić information content (AvgIpc) is 2.93. The van der Waals surface area contributed by atoms with Crippen LogP contribution in [0.4, 0.5) is 4.79 Å². The first kappa shape index (κ1) is 19.4. The highest BCUT2D eigenvalue weighted by atomic mass is 28.4. The number of ether oxygens (including phenoxy) is 1. The maximum atomic E-state index is 12.5. The lowest BCUT2D eigenvalue weighted by Crippen LogP contribution is -2.40. The van der Waals surface area contributed by atoms with Gasteiger partial charge in [-0.2, -0.15) is 0 Å². The number of imide groups is 1. The lowest BCUT2D eigenvalue weighted by Gasteiger charge is -2.35. The predicted octanol–water partition coefficient (Wildman–Crippen LogP) is 4.28. The first-order valence-electron chi connectivity index (χ1n) is 8.49. The number of carbonyl (C=O) groups excluding carboxylic acids is 2. The normalized spacial score (nSPS) is 18.7. The van der Waals surface area contributed by atoms with Crippen LogP contribution < -0.4 is 0 Å². The number of cyclic esters (lactones) is 1. The van der Waals surface area contributed by atoms with Crippen molar-refractivity contribution in [2.75, 3.05) is 13.2 Å². The summed E-state index contributed by atoms with van der Waals surface area (Å²) in [5.41, 5.74) is 0.882. The fourth-order valence-corrected chi connectivity index (χ4v) is 3.23. The van der Waals surface area contributed by atoms with Crippen LogP contribution >= 0.6 is 0 Å². The van der Waals surface area contributed by atoms with E-state index in [1.54, 1.807) is 6.08 Å². The lowest BCUT2D eigenvalue weighted by molar-refractivity contribution is -0.124. The fourth-order valence-electron chi connectivity index (χ4n) is 2.29. The SMILES string of the molecule is CC(C)(C)[Si](C)(C)OCC=CC(=O)N1C(=O)OCC1c1ccccc1. The van der Waals surface area contributed by atoms with Gasteiger partial charge < -0.3 is 9.16 Å². The third-order valence-electron chi connectivity index (χ3n) is 4.90. The second-order valence-electron chi connectivity index (χ2n) is 7.69. The molecular formula is C19H27NO4Si. The predicted molar refractivity (Wildman–Crippen MR) is 99.7 cm³/mol. The number of hydrogen-bond acceptors (Lipinski definition) is 4. The third kappa shape index (κ3) is 4.58. The Morgan fingerprint density at radius 3 is 2.56 bits per heavy atom. The van der Waals surface area contributed by atoms with Crippen LogP contribution in [-0.2, 0) is 14.0 Å². The Morgan fingerprint density at radius 2 is 1.96 bits per heavy atom. The standard InChI is InChI=1S/C19H27NO4Si/c1-19(2,3)25(4,5)24-13-9-12-17(21)20-16(14-23-18(20)22)15-10-7-6-8-11-15/h6-12,16H,13-14H2,1-5H3. The largest absolute Gasteiger partial charge is 0.446 e. The zero-order chi connectivity index (χ0) is 18.7. The van der Waals surface area contributed by atoms with Crippen molar-refractivity contribution in [3.8, 4) is 0 Å². The van der Waals surface area contributed by atoms with Gasteiger partial charge in [-0.3, -0.25) is 4.79 Å². The van der Waals surface area contributed by atoms with Crippen molar-refractivity contribution in [1.82, 2.24) is 4.90 Å². The number of amides is 2. The van der Waals surface area contributed by atoms with E-state index in [9.17, 15) is 9.59 Å². The summed E-state index contributed by atoms with van der Waals surface area (Å²) in [4.78, 5) is 25.6. The number of nitrogens with zero attached hydrogens (tertiary/aromatic N) is 1. The molecule has 1 aromatic carbocycles. The quantitative estimate of drug-likeness (QED) is 0.580. The van der Waals surface area contributed by atoms with Gasteiger partial charge in [-0.15, -0.1) is 0 Å². The molecule has 2 rings (SSSR count). The van der Waals surface area contributed by atoms with Gasteiger partial charge in [-0.1, -0.05) is 57.2 Å². The van der Waals surface area contributed by atoms with Crippen LogP contribution in [0.5, 0.6) is 0 Å². The van der Waals surface area contributed by atoms with Crippen molar-refractivity contribution in [3.05, 3.63) is 48.0 Å². The van der Waals surface area contributed by atoms with E-state index in [0.717, 1.165) is 10.5 Å². The van der Waals surface area contributed by atoms with Gasteiger partial charge in [0.15, 0.2) is 8.32 Å². The van der Waals surface area contributed by atoms with E-state index in [1.165, 1.54) is 6.08 Å². The van der Waals surface area contributed by atoms with Gasteiger partial charge in [0.05, 0.1) is 6.61 Å². The van der Waals surface area contributed by atoms with E-state index in [0.29, 0.717) is 6.61 Å². The first-order chi connectivity index (χ1) is 11.6. The number of carbonyl (C=O) groups is 2. The van der Waals surface area contributed by atoms with Crippen LogP contribution in [0, 0.1) is 0 Å². The van der Waals surface area contributed by atoms with Gasteiger partial charge in [0.2, 0.25) is 0 Å². The molecule has 1 heterocycles. The Kier molecular flexibility index (Phi) is 5.85. The van der Waals surface area contributed by atoms with Crippen LogP contribution in [0.15, 0.2) is 42.5 Å². The van der Waals surface area contributed by atoms with Crippen molar-refractivity contribution in [2.45, 2.75) is 44.9 Å². The Bertz CT molecular complexity index is 649. The first-order valence-corrected chi connectivity index (χ1v) is 11.4. The van der Waals surface area contributed by atoms with Crippen molar-refractivity contribution in [2.24, 2.45) is 0 Å². The smallest absolute Gasteiger partial charge is 0.417 e. The Hall–Kier alpha value is -1.92. The third-order valence-corrected chi connectivity index (χ3v) is 9.40. The average molecular weight is 362 g/mol. The summed E-state index contributed by atoms with van der Waals surface area (Å²) in [6.45, 7) is 11.4. The van der Waals surface area contributed by atoms with Gasteiger partial charge in [-0.05, 0) is 23.7 Å². The summed E-state index contributed by atoms with van der Waals surface area (Å²) in [6, 6.07) is 9.04. The fraction of sp³-hybridized carbons (Fsp3) is 0.474. The molecule has 1 fully saturated rings. The van der Waals surface area contributed by atoms with E-state index in [4.69, 9.17) is 9.16 Å². The maximum Gasteiger partial charge on any atom is 0.417 e. The van der Waals surface area contributed by atoms with Crippen LogP contribution in [0.2, 0.25) is 18.1 Å². The highest BCUT2D eigenvalue weighted by Crippen LogP contribution is 2.36. The van der Waals surface area contributed by atoms with Gasteiger partial charge >= 0.3 is 6.09 Å². The minimum absolute atomic E-state index is 0.113. The molecule has 0 aliphatic carbocycles. The molecule has 136 valence electrons. The Labute approximate surface area is 150 Å². The highest BCUT2D eigenvalue weighted by Gasteiger charge is 2.38. The molecule has 0 bridgehead atoms. The molecule has 0 radical (unpaired) electrons. The number of benzene rings is 1. The maximum absolute atomic E-state index is 12.5. The minimum atomic E-state index is -1.86. The zero-order valence-corrected chi connectivity index (χ0v) is 16.6. The summed E-state index contributed by atoms with van der Waals surface area (Å²) in [6.07, 6.45) is 2.47. The van der Waals surface area contributed by atoms with Crippen LogP contribution in [0.1, 0.15) is 32.4 Å². The van der Waals surface area contributed by atoms with Crippen molar-refractivity contribution >= 4 is 20.3 Å². The Balaban J connectivity index is 2.00. The zero-order valence-electron chi connectivity index (χ0n) is 15.6. The molecule has 5 nitrogen and oxygen atoms in total. The molecule has 0 aromatic heterocycles. The molecule has 6 heteroatoms. The number of hydrogen-bond donors (Lipinski definition) is 0. The second kappa shape index (κ2) is 7.54. The van der Waals surface area contributed by atoms with Gasteiger partial charge in [0, 0.05) is 6.08 Å². The van der Waals surface area contributed by atoms with E-state index < -0.39 is 14.4 Å². The molecule has 1 atom stereocenters. The van der Waals surface area contributed by atoms with Gasteiger partial charge in [0.25, 0.3) is 5.91 Å². The summed E-state index contributed by atoms with van der Waals surface area (Å²) in [5.74, 6) is -0.379.